The minimum absolute atomic E-state index is 0.145. The molecule has 0 aliphatic heterocycles. The van der Waals surface area contributed by atoms with Crippen LogP contribution in [0.2, 0.25) is 0 Å². The van der Waals surface area contributed by atoms with Gasteiger partial charge in [-0.05, 0) is 12.5 Å². The normalized spacial score (nSPS) is 11.6. The summed E-state index contributed by atoms with van der Waals surface area (Å²) in [7, 11) is 1.69. The highest BCUT2D eigenvalue weighted by molar-refractivity contribution is 6.08. The highest BCUT2D eigenvalue weighted by atomic mass is 16.4. The SMILES string of the molecule is CCc1cc(C(=O)Nc2[nH]ncc2C(N)=NO)n(C)n1. The van der Waals surface area contributed by atoms with Crippen molar-refractivity contribution in [2.75, 3.05) is 5.32 Å². The second-order valence-corrected chi connectivity index (χ2v) is 4.10. The van der Waals surface area contributed by atoms with E-state index in [0.717, 1.165) is 12.1 Å². The number of anilines is 1. The maximum Gasteiger partial charge on any atom is 0.275 e. The molecule has 0 aromatic carbocycles. The van der Waals surface area contributed by atoms with Gasteiger partial charge in [0.15, 0.2) is 5.84 Å². The van der Waals surface area contributed by atoms with Crippen molar-refractivity contribution in [1.82, 2.24) is 20.0 Å². The fourth-order valence-electron chi connectivity index (χ4n) is 1.72. The first-order valence-electron chi connectivity index (χ1n) is 5.92. The van der Waals surface area contributed by atoms with Crippen molar-refractivity contribution in [3.8, 4) is 0 Å². The lowest BCUT2D eigenvalue weighted by Gasteiger charge is -2.04. The molecule has 0 bridgehead atoms. The topological polar surface area (TPSA) is 134 Å². The lowest BCUT2D eigenvalue weighted by molar-refractivity contribution is 0.101. The minimum Gasteiger partial charge on any atom is -0.409 e. The molecule has 5 N–H and O–H groups in total. The second kappa shape index (κ2) is 5.43. The first-order chi connectivity index (χ1) is 9.56. The van der Waals surface area contributed by atoms with Gasteiger partial charge in [0.1, 0.15) is 11.5 Å². The molecule has 2 heterocycles. The summed E-state index contributed by atoms with van der Waals surface area (Å²) < 4.78 is 1.49. The van der Waals surface area contributed by atoms with Crippen molar-refractivity contribution in [2.24, 2.45) is 17.9 Å². The summed E-state index contributed by atoms with van der Waals surface area (Å²) in [5.41, 5.74) is 7.01. The molecule has 0 atom stereocenters. The van der Waals surface area contributed by atoms with E-state index >= 15 is 0 Å². The quantitative estimate of drug-likeness (QED) is 0.271. The molecule has 1 amide bonds. The summed E-state index contributed by atoms with van der Waals surface area (Å²) in [6, 6.07) is 1.70. The van der Waals surface area contributed by atoms with Gasteiger partial charge in [-0.15, -0.1) is 0 Å². The summed E-state index contributed by atoms with van der Waals surface area (Å²) in [6.07, 6.45) is 2.09. The maximum atomic E-state index is 12.2. The molecule has 2 aromatic heterocycles. The molecular formula is C11H15N7O2. The van der Waals surface area contributed by atoms with Gasteiger partial charge in [-0.2, -0.15) is 10.2 Å². The Morgan fingerprint density at radius 3 is 3.00 bits per heavy atom. The third kappa shape index (κ3) is 2.46. The van der Waals surface area contributed by atoms with Crippen LogP contribution in [0.25, 0.3) is 0 Å². The smallest absolute Gasteiger partial charge is 0.275 e. The molecule has 0 saturated carbocycles. The number of hydrogen-bond acceptors (Lipinski definition) is 5. The van der Waals surface area contributed by atoms with Gasteiger partial charge in [0.05, 0.1) is 17.5 Å². The summed E-state index contributed by atoms with van der Waals surface area (Å²) in [4.78, 5) is 12.2. The Balaban J connectivity index is 2.24. The standard InChI is InChI=1S/C11H15N7O2/c1-3-6-4-8(18(2)16-6)11(19)14-10-7(5-13-15-10)9(12)17-20/h4-5,20H,3H2,1-2H3,(H2,12,17)(H2,13,14,15,19). The Morgan fingerprint density at radius 2 is 2.40 bits per heavy atom. The number of oxime groups is 1. The van der Waals surface area contributed by atoms with Crippen LogP contribution in [0.5, 0.6) is 0 Å². The Hall–Kier alpha value is -2.84. The monoisotopic (exact) mass is 277 g/mol. The van der Waals surface area contributed by atoms with E-state index in [9.17, 15) is 4.79 Å². The Labute approximate surface area is 114 Å². The Kier molecular flexibility index (Phi) is 3.69. The molecule has 106 valence electrons. The number of nitrogens with one attached hydrogen (secondary N) is 2. The number of nitrogens with two attached hydrogens (primary N) is 1. The average Bonchev–Trinajstić information content (AvgIpc) is 3.04. The molecule has 9 heteroatoms. The maximum absolute atomic E-state index is 12.2. The average molecular weight is 277 g/mol. The largest absolute Gasteiger partial charge is 0.409 e. The number of aromatic nitrogens is 4. The van der Waals surface area contributed by atoms with Crippen molar-refractivity contribution in [3.63, 3.8) is 0 Å². The molecule has 0 radical (unpaired) electrons. The van der Waals surface area contributed by atoms with Gasteiger partial charge in [-0.3, -0.25) is 14.6 Å². The molecule has 0 fully saturated rings. The van der Waals surface area contributed by atoms with Crippen LogP contribution in [0.15, 0.2) is 17.4 Å². The minimum atomic E-state index is -0.365. The first-order valence-corrected chi connectivity index (χ1v) is 5.92. The molecular weight excluding hydrogens is 262 g/mol. The van der Waals surface area contributed by atoms with E-state index in [0.29, 0.717) is 11.3 Å². The van der Waals surface area contributed by atoms with Crippen LogP contribution in [0.3, 0.4) is 0 Å². The first kappa shape index (κ1) is 13.6. The van der Waals surface area contributed by atoms with E-state index in [4.69, 9.17) is 10.9 Å². The molecule has 0 spiro atoms. The Morgan fingerprint density at radius 1 is 1.65 bits per heavy atom. The van der Waals surface area contributed by atoms with Crippen LogP contribution < -0.4 is 11.1 Å². The van der Waals surface area contributed by atoms with Crippen LogP contribution >= 0.6 is 0 Å². The van der Waals surface area contributed by atoms with Crippen molar-refractivity contribution < 1.29 is 10.0 Å². The van der Waals surface area contributed by atoms with E-state index in [-0.39, 0.29) is 17.6 Å². The molecule has 20 heavy (non-hydrogen) atoms. The number of rotatable bonds is 4. The molecule has 0 unspecified atom stereocenters. The molecule has 2 aromatic rings. The number of nitrogens with zero attached hydrogens (tertiary/aromatic N) is 4. The zero-order valence-electron chi connectivity index (χ0n) is 11.1. The summed E-state index contributed by atoms with van der Waals surface area (Å²) >= 11 is 0. The lowest BCUT2D eigenvalue weighted by Crippen LogP contribution is -2.20. The number of H-pyrrole nitrogens is 1. The fourth-order valence-corrected chi connectivity index (χ4v) is 1.72. The second-order valence-electron chi connectivity index (χ2n) is 4.10. The van der Waals surface area contributed by atoms with Gasteiger partial charge >= 0.3 is 0 Å². The number of aromatic amines is 1. The molecule has 2 rings (SSSR count). The van der Waals surface area contributed by atoms with Crippen molar-refractivity contribution in [1.29, 1.82) is 0 Å². The summed E-state index contributed by atoms with van der Waals surface area (Å²) in [5.74, 6) is -0.256. The van der Waals surface area contributed by atoms with Crippen molar-refractivity contribution >= 4 is 17.6 Å². The van der Waals surface area contributed by atoms with Gasteiger partial charge in [0.2, 0.25) is 0 Å². The fraction of sp³-hybridized carbons (Fsp3) is 0.273. The van der Waals surface area contributed by atoms with Crippen LogP contribution in [-0.2, 0) is 13.5 Å². The van der Waals surface area contributed by atoms with E-state index in [2.05, 4.69) is 25.8 Å². The Bertz CT molecular complexity index is 656. The predicted octanol–water partition coefficient (Wildman–Crippen LogP) is 0.0524. The van der Waals surface area contributed by atoms with Gasteiger partial charge in [0.25, 0.3) is 5.91 Å². The number of amides is 1. The molecule has 0 saturated heterocycles. The summed E-state index contributed by atoms with van der Waals surface area (Å²) in [6.45, 7) is 1.95. The van der Waals surface area contributed by atoms with E-state index in [1.807, 2.05) is 6.92 Å². The lowest BCUT2D eigenvalue weighted by atomic mass is 10.2. The van der Waals surface area contributed by atoms with Gasteiger partial charge in [0, 0.05) is 7.05 Å². The van der Waals surface area contributed by atoms with Crippen LogP contribution in [0, 0.1) is 0 Å². The van der Waals surface area contributed by atoms with Crippen LogP contribution in [0.1, 0.15) is 28.7 Å². The highest BCUT2D eigenvalue weighted by Gasteiger charge is 2.17. The molecule has 0 aliphatic carbocycles. The zero-order chi connectivity index (χ0) is 14.7. The zero-order valence-corrected chi connectivity index (χ0v) is 11.1. The van der Waals surface area contributed by atoms with Crippen molar-refractivity contribution in [3.05, 3.63) is 29.2 Å². The van der Waals surface area contributed by atoms with Gasteiger partial charge in [-0.25, -0.2) is 0 Å². The van der Waals surface area contributed by atoms with Gasteiger partial charge in [-0.1, -0.05) is 12.1 Å². The third-order valence-corrected chi connectivity index (χ3v) is 2.79. The summed E-state index contributed by atoms with van der Waals surface area (Å²) in [5, 5.41) is 24.7. The van der Waals surface area contributed by atoms with Crippen molar-refractivity contribution in [2.45, 2.75) is 13.3 Å². The molecule has 0 aliphatic rings. The van der Waals surface area contributed by atoms with E-state index < -0.39 is 0 Å². The number of amidine groups is 1. The number of carbonyl (C=O) groups is 1. The highest BCUT2D eigenvalue weighted by Crippen LogP contribution is 2.13. The number of aryl methyl sites for hydroxylation is 2. The van der Waals surface area contributed by atoms with Crippen LogP contribution in [0.4, 0.5) is 5.82 Å². The van der Waals surface area contributed by atoms with E-state index in [1.165, 1.54) is 10.9 Å². The number of carbonyl (C=O) groups excluding carboxylic acids is 1. The predicted molar refractivity (Wildman–Crippen MR) is 71.6 cm³/mol. The third-order valence-electron chi connectivity index (χ3n) is 2.79. The van der Waals surface area contributed by atoms with Crippen LogP contribution in [-0.4, -0.2) is 36.9 Å². The molecule has 9 nitrogen and oxygen atoms in total. The van der Waals surface area contributed by atoms with Gasteiger partial charge < -0.3 is 16.3 Å². The number of hydrogen-bond donors (Lipinski definition) is 4. The van der Waals surface area contributed by atoms with E-state index in [1.54, 1.807) is 13.1 Å².